The van der Waals surface area contributed by atoms with Gasteiger partial charge < -0.3 is 10.4 Å². The molecule has 1 atom stereocenters. The minimum absolute atomic E-state index is 0.216. The fourth-order valence-corrected chi connectivity index (χ4v) is 3.55. The molecule has 0 bridgehead atoms. The molecule has 0 saturated carbocycles. The van der Waals surface area contributed by atoms with Gasteiger partial charge in [0.05, 0.1) is 17.8 Å². The highest BCUT2D eigenvalue weighted by atomic mass is 32.1. The molecule has 0 radical (unpaired) electrons. The van der Waals surface area contributed by atoms with Crippen LogP contribution in [0.1, 0.15) is 27.9 Å². The highest BCUT2D eigenvalue weighted by Crippen LogP contribution is 2.28. The van der Waals surface area contributed by atoms with Crippen LogP contribution in [0.25, 0.3) is 10.6 Å². The van der Waals surface area contributed by atoms with Gasteiger partial charge >= 0.3 is 5.97 Å². The van der Waals surface area contributed by atoms with Crippen molar-refractivity contribution in [2.45, 2.75) is 20.3 Å². The van der Waals surface area contributed by atoms with Gasteiger partial charge in [-0.15, -0.1) is 11.3 Å². The predicted molar refractivity (Wildman–Crippen MR) is 104 cm³/mol. The molecular formula is C19H20N4O3S. The van der Waals surface area contributed by atoms with Crippen molar-refractivity contribution in [2.75, 3.05) is 5.32 Å². The molecule has 0 saturated heterocycles. The molecule has 3 rings (SSSR count). The molecule has 0 fully saturated rings. The number of carbonyl (C=O) groups is 2. The number of carbonyl (C=O) groups excluding carboxylic acids is 1. The number of carboxylic acids is 1. The van der Waals surface area contributed by atoms with Crippen molar-refractivity contribution >= 4 is 28.9 Å². The van der Waals surface area contributed by atoms with E-state index in [2.05, 4.69) is 15.4 Å². The maximum Gasteiger partial charge on any atom is 0.306 e. The molecule has 1 aromatic carbocycles. The lowest BCUT2D eigenvalue weighted by atomic mass is 10.0. The van der Waals surface area contributed by atoms with E-state index in [0.29, 0.717) is 22.7 Å². The summed E-state index contributed by atoms with van der Waals surface area (Å²) in [5, 5.41) is 16.7. The number of aromatic nitrogens is 3. The fraction of sp³-hybridized carbons (Fsp3) is 0.263. The lowest BCUT2D eigenvalue weighted by Gasteiger charge is -2.08. The molecule has 2 heterocycles. The molecule has 2 aromatic heterocycles. The maximum atomic E-state index is 12.6. The van der Waals surface area contributed by atoms with Crippen LogP contribution in [0.3, 0.4) is 0 Å². The summed E-state index contributed by atoms with van der Waals surface area (Å²) in [7, 11) is 1.83. The molecular weight excluding hydrogens is 364 g/mol. The summed E-state index contributed by atoms with van der Waals surface area (Å²) in [5.41, 5.74) is 3.11. The summed E-state index contributed by atoms with van der Waals surface area (Å²) in [4.78, 5) is 28.6. The van der Waals surface area contributed by atoms with Crippen LogP contribution >= 0.6 is 11.3 Å². The standard InChI is InChI=1S/C19H20N4O3S/c1-11(19(25)26)8-13-4-6-15(7-5-13)22-17(24)16-12(2)21-18(27-16)14-9-20-23(3)10-14/h4-7,9-11H,8H2,1-3H3,(H,22,24)(H,25,26). The number of nitrogens with one attached hydrogen (secondary N) is 1. The molecule has 27 heavy (non-hydrogen) atoms. The molecule has 0 spiro atoms. The molecule has 0 aliphatic carbocycles. The van der Waals surface area contributed by atoms with Crippen LogP contribution in [0, 0.1) is 12.8 Å². The van der Waals surface area contributed by atoms with Gasteiger partial charge in [-0.25, -0.2) is 4.98 Å². The normalized spacial score (nSPS) is 12.0. The number of rotatable bonds is 6. The fourth-order valence-electron chi connectivity index (χ4n) is 2.62. The number of nitrogens with zero attached hydrogens (tertiary/aromatic N) is 3. The second kappa shape index (κ2) is 7.71. The van der Waals surface area contributed by atoms with Gasteiger partial charge in [0.15, 0.2) is 0 Å². The topological polar surface area (TPSA) is 97.1 Å². The van der Waals surface area contributed by atoms with Crippen molar-refractivity contribution in [3.05, 3.63) is 52.8 Å². The Kier molecular flexibility index (Phi) is 5.36. The first-order valence-corrected chi connectivity index (χ1v) is 9.24. The van der Waals surface area contributed by atoms with E-state index in [4.69, 9.17) is 5.11 Å². The summed E-state index contributed by atoms with van der Waals surface area (Å²) in [5.74, 6) is -1.49. The van der Waals surface area contributed by atoms with Crippen molar-refractivity contribution in [3.8, 4) is 10.6 Å². The van der Waals surface area contributed by atoms with Gasteiger partial charge in [-0.2, -0.15) is 5.10 Å². The van der Waals surface area contributed by atoms with Crippen LogP contribution in [0.4, 0.5) is 5.69 Å². The van der Waals surface area contributed by atoms with Crippen LogP contribution < -0.4 is 5.32 Å². The molecule has 7 nitrogen and oxygen atoms in total. The van der Waals surface area contributed by atoms with Gasteiger partial charge in [-0.1, -0.05) is 19.1 Å². The van der Waals surface area contributed by atoms with Crippen molar-refractivity contribution in [3.63, 3.8) is 0 Å². The monoisotopic (exact) mass is 384 g/mol. The predicted octanol–water partition coefficient (Wildman–Crippen LogP) is 3.37. The SMILES string of the molecule is Cc1nc(-c2cnn(C)c2)sc1C(=O)Nc1ccc(CC(C)C(=O)O)cc1. The Morgan fingerprint density at radius 3 is 2.59 bits per heavy atom. The Labute approximate surface area is 160 Å². The Hall–Kier alpha value is -3.00. The first kappa shape index (κ1) is 18.8. The molecule has 2 N–H and O–H groups in total. The third-order valence-electron chi connectivity index (χ3n) is 4.13. The number of benzene rings is 1. The Bertz CT molecular complexity index is 975. The van der Waals surface area contributed by atoms with E-state index >= 15 is 0 Å². The average molecular weight is 384 g/mol. The summed E-state index contributed by atoms with van der Waals surface area (Å²) >= 11 is 1.33. The molecule has 8 heteroatoms. The quantitative estimate of drug-likeness (QED) is 0.679. The lowest BCUT2D eigenvalue weighted by molar-refractivity contribution is -0.141. The molecule has 0 aliphatic heterocycles. The third kappa shape index (κ3) is 4.40. The number of hydrogen-bond donors (Lipinski definition) is 2. The zero-order valence-corrected chi connectivity index (χ0v) is 16.1. The Balaban J connectivity index is 1.70. The highest BCUT2D eigenvalue weighted by molar-refractivity contribution is 7.17. The highest BCUT2D eigenvalue weighted by Gasteiger charge is 2.17. The first-order valence-electron chi connectivity index (χ1n) is 8.43. The van der Waals surface area contributed by atoms with Crippen LogP contribution in [0.2, 0.25) is 0 Å². The van der Waals surface area contributed by atoms with E-state index in [-0.39, 0.29) is 5.91 Å². The Morgan fingerprint density at radius 1 is 1.30 bits per heavy atom. The summed E-state index contributed by atoms with van der Waals surface area (Å²) < 4.78 is 1.69. The van der Waals surface area contributed by atoms with E-state index in [1.54, 1.807) is 29.9 Å². The van der Waals surface area contributed by atoms with Crippen molar-refractivity contribution < 1.29 is 14.7 Å². The smallest absolute Gasteiger partial charge is 0.306 e. The molecule has 3 aromatic rings. The summed E-state index contributed by atoms with van der Waals surface area (Å²) in [6.45, 7) is 3.48. The summed E-state index contributed by atoms with van der Waals surface area (Å²) in [6.07, 6.45) is 4.03. The maximum absolute atomic E-state index is 12.6. The number of aryl methyl sites for hydroxylation is 2. The molecule has 0 aliphatic rings. The van der Waals surface area contributed by atoms with Crippen LogP contribution in [0.5, 0.6) is 0 Å². The number of aliphatic carboxylic acids is 1. The van der Waals surface area contributed by atoms with E-state index in [9.17, 15) is 9.59 Å². The van der Waals surface area contributed by atoms with Gasteiger partial charge in [0, 0.05) is 24.5 Å². The van der Waals surface area contributed by atoms with Crippen molar-refractivity contribution in [1.29, 1.82) is 0 Å². The number of hydrogen-bond acceptors (Lipinski definition) is 5. The summed E-state index contributed by atoms with van der Waals surface area (Å²) in [6, 6.07) is 7.21. The number of thiazole rings is 1. The lowest BCUT2D eigenvalue weighted by Crippen LogP contribution is -2.13. The van der Waals surface area contributed by atoms with Crippen molar-refractivity contribution in [2.24, 2.45) is 13.0 Å². The first-order chi connectivity index (χ1) is 12.8. The van der Waals surface area contributed by atoms with Gasteiger partial charge in [0.1, 0.15) is 9.88 Å². The third-order valence-corrected chi connectivity index (χ3v) is 5.34. The molecule has 140 valence electrons. The second-order valence-corrected chi connectivity index (χ2v) is 7.43. The van der Waals surface area contributed by atoms with E-state index < -0.39 is 11.9 Å². The van der Waals surface area contributed by atoms with Gasteiger partial charge in [0.2, 0.25) is 0 Å². The average Bonchev–Trinajstić information content (AvgIpc) is 3.22. The van der Waals surface area contributed by atoms with Crippen molar-refractivity contribution in [1.82, 2.24) is 14.8 Å². The van der Waals surface area contributed by atoms with Crippen LogP contribution in [0.15, 0.2) is 36.7 Å². The van der Waals surface area contributed by atoms with Gasteiger partial charge in [-0.3, -0.25) is 14.3 Å². The largest absolute Gasteiger partial charge is 0.481 e. The zero-order valence-electron chi connectivity index (χ0n) is 15.3. The minimum atomic E-state index is -0.822. The van der Waals surface area contributed by atoms with E-state index in [1.807, 2.05) is 32.3 Å². The number of anilines is 1. The van der Waals surface area contributed by atoms with Crippen LogP contribution in [-0.2, 0) is 18.3 Å². The number of carboxylic acid groups (broad SMARTS) is 1. The molecule has 1 unspecified atom stereocenters. The van der Waals surface area contributed by atoms with E-state index in [0.717, 1.165) is 16.1 Å². The van der Waals surface area contributed by atoms with Gasteiger partial charge in [-0.05, 0) is 31.0 Å². The number of amides is 1. The molecule has 1 amide bonds. The Morgan fingerprint density at radius 2 is 2.00 bits per heavy atom. The van der Waals surface area contributed by atoms with Crippen LogP contribution in [-0.4, -0.2) is 31.7 Å². The van der Waals surface area contributed by atoms with E-state index in [1.165, 1.54) is 11.3 Å². The minimum Gasteiger partial charge on any atom is -0.481 e. The second-order valence-electron chi connectivity index (χ2n) is 6.43. The van der Waals surface area contributed by atoms with Gasteiger partial charge in [0.25, 0.3) is 5.91 Å². The zero-order chi connectivity index (χ0) is 19.6.